The van der Waals surface area contributed by atoms with Crippen molar-refractivity contribution in [1.82, 2.24) is 19.9 Å². The predicted molar refractivity (Wildman–Crippen MR) is 88.0 cm³/mol. The van der Waals surface area contributed by atoms with Crippen molar-refractivity contribution in [2.75, 3.05) is 0 Å². The average Bonchev–Trinajstić information content (AvgIpc) is 3.24. The number of oxazole rings is 1. The summed E-state index contributed by atoms with van der Waals surface area (Å²) in [7, 11) is 0. The van der Waals surface area contributed by atoms with Crippen LogP contribution < -0.4 is 0 Å². The van der Waals surface area contributed by atoms with Crippen molar-refractivity contribution in [2.24, 2.45) is 0 Å². The molecule has 22 heavy (non-hydrogen) atoms. The molecule has 4 rings (SSSR count). The van der Waals surface area contributed by atoms with Gasteiger partial charge in [0.05, 0.1) is 27.8 Å². The molecule has 0 aliphatic rings. The number of nitrogens with zero attached hydrogens (tertiary/aromatic N) is 3. The summed E-state index contributed by atoms with van der Waals surface area (Å²) >= 11 is 3.24. The molecule has 0 saturated carbocycles. The highest BCUT2D eigenvalue weighted by atomic mass is 32.2. The van der Waals surface area contributed by atoms with Gasteiger partial charge in [-0.25, -0.2) is 9.97 Å². The zero-order valence-corrected chi connectivity index (χ0v) is 13.4. The third kappa shape index (κ3) is 2.53. The Balaban J connectivity index is 1.54. The lowest BCUT2D eigenvalue weighted by Crippen LogP contribution is -1.85. The van der Waals surface area contributed by atoms with Gasteiger partial charge in [-0.2, -0.15) is 0 Å². The minimum atomic E-state index is 0.692. The van der Waals surface area contributed by atoms with Gasteiger partial charge in [-0.1, -0.05) is 17.8 Å². The molecule has 0 radical (unpaired) electrons. The van der Waals surface area contributed by atoms with Crippen molar-refractivity contribution in [3.05, 3.63) is 47.4 Å². The summed E-state index contributed by atoms with van der Waals surface area (Å²) in [6, 6.07) is 5.90. The molecule has 4 aromatic heterocycles. The molecule has 0 atom stereocenters. The van der Waals surface area contributed by atoms with E-state index in [9.17, 15) is 0 Å². The number of pyridine rings is 1. The van der Waals surface area contributed by atoms with Gasteiger partial charge in [-0.05, 0) is 24.4 Å². The highest BCUT2D eigenvalue weighted by molar-refractivity contribution is 7.98. The fraction of sp³-hybridized carbons (Fsp3) is 0.133. The molecule has 110 valence electrons. The van der Waals surface area contributed by atoms with Crippen LogP contribution in [0.4, 0.5) is 0 Å². The quantitative estimate of drug-likeness (QED) is 0.566. The number of hydrogen-bond donors (Lipinski definition) is 1. The summed E-state index contributed by atoms with van der Waals surface area (Å²) in [5, 5.41) is 2.88. The molecule has 0 spiro atoms. The second-order valence-electron chi connectivity index (χ2n) is 4.72. The summed E-state index contributed by atoms with van der Waals surface area (Å²) in [5.41, 5.74) is 2.82. The molecule has 4 aromatic rings. The van der Waals surface area contributed by atoms with Crippen molar-refractivity contribution in [2.45, 2.75) is 17.8 Å². The van der Waals surface area contributed by atoms with E-state index in [1.54, 1.807) is 35.5 Å². The zero-order chi connectivity index (χ0) is 14.9. The second-order valence-corrected chi connectivity index (χ2v) is 6.63. The number of H-pyrrole nitrogens is 1. The van der Waals surface area contributed by atoms with E-state index in [1.807, 2.05) is 30.5 Å². The van der Waals surface area contributed by atoms with Crippen molar-refractivity contribution in [1.29, 1.82) is 0 Å². The van der Waals surface area contributed by atoms with E-state index < -0.39 is 0 Å². The van der Waals surface area contributed by atoms with Crippen LogP contribution in [0, 0.1) is 6.92 Å². The van der Waals surface area contributed by atoms with Gasteiger partial charge >= 0.3 is 0 Å². The number of aromatic nitrogens is 4. The first-order chi connectivity index (χ1) is 10.8. The SMILES string of the molecule is Cc1oc(-c2cccs2)nc1CSc1nc2ccncc2[nH]1. The second kappa shape index (κ2) is 5.58. The molecule has 0 aromatic carbocycles. The van der Waals surface area contributed by atoms with Crippen LogP contribution in [0.5, 0.6) is 0 Å². The number of nitrogens with one attached hydrogen (secondary N) is 1. The number of fused-ring (bicyclic) bond motifs is 1. The molecule has 0 fully saturated rings. The number of imidazole rings is 1. The highest BCUT2D eigenvalue weighted by Crippen LogP contribution is 2.29. The third-order valence-electron chi connectivity index (χ3n) is 3.23. The Kier molecular flexibility index (Phi) is 3.44. The number of rotatable bonds is 4. The number of thioether (sulfide) groups is 1. The molecule has 7 heteroatoms. The first kappa shape index (κ1) is 13.5. The van der Waals surface area contributed by atoms with Crippen LogP contribution in [-0.4, -0.2) is 19.9 Å². The van der Waals surface area contributed by atoms with Gasteiger partial charge in [0.1, 0.15) is 5.76 Å². The van der Waals surface area contributed by atoms with Crippen LogP contribution in [0.1, 0.15) is 11.5 Å². The lowest BCUT2D eigenvalue weighted by Gasteiger charge is -1.94. The topological polar surface area (TPSA) is 67.6 Å². The van der Waals surface area contributed by atoms with Gasteiger partial charge in [0.25, 0.3) is 0 Å². The Bertz CT molecular complexity index is 878. The Labute approximate surface area is 134 Å². The van der Waals surface area contributed by atoms with Crippen molar-refractivity contribution in [3.63, 3.8) is 0 Å². The number of hydrogen-bond acceptors (Lipinski definition) is 6. The lowest BCUT2D eigenvalue weighted by atomic mass is 10.4. The van der Waals surface area contributed by atoms with Crippen molar-refractivity contribution in [3.8, 4) is 10.8 Å². The standard InChI is InChI=1S/C15H12N4OS2/c1-9-12(17-14(20-9)13-3-2-6-21-13)8-22-15-18-10-4-5-16-7-11(10)19-15/h2-7H,8H2,1H3,(H,18,19). The maximum Gasteiger partial charge on any atom is 0.236 e. The van der Waals surface area contributed by atoms with E-state index in [1.165, 1.54) is 0 Å². The Hall–Kier alpha value is -2.12. The molecule has 0 aliphatic carbocycles. The van der Waals surface area contributed by atoms with Crippen LogP contribution in [0.15, 0.2) is 45.5 Å². The van der Waals surface area contributed by atoms with Gasteiger partial charge in [-0.3, -0.25) is 4.98 Å². The molecule has 0 unspecified atom stereocenters. The van der Waals surface area contributed by atoms with Gasteiger partial charge < -0.3 is 9.40 Å². The van der Waals surface area contributed by atoms with E-state index in [-0.39, 0.29) is 0 Å². The maximum absolute atomic E-state index is 5.75. The maximum atomic E-state index is 5.75. The first-order valence-electron chi connectivity index (χ1n) is 6.72. The molecule has 4 heterocycles. The van der Waals surface area contributed by atoms with Gasteiger partial charge in [0.2, 0.25) is 5.89 Å². The first-order valence-corrected chi connectivity index (χ1v) is 8.59. The van der Waals surface area contributed by atoms with Crippen molar-refractivity contribution < 1.29 is 4.42 Å². The smallest absolute Gasteiger partial charge is 0.236 e. The Morgan fingerprint density at radius 2 is 2.27 bits per heavy atom. The normalized spacial score (nSPS) is 11.3. The minimum absolute atomic E-state index is 0.692. The van der Waals surface area contributed by atoms with Gasteiger partial charge in [-0.15, -0.1) is 11.3 Å². The highest BCUT2D eigenvalue weighted by Gasteiger charge is 2.13. The van der Waals surface area contributed by atoms with Crippen LogP contribution in [0.2, 0.25) is 0 Å². The average molecular weight is 328 g/mol. The summed E-state index contributed by atoms with van der Waals surface area (Å²) in [5.74, 6) is 2.26. The largest absolute Gasteiger partial charge is 0.440 e. The third-order valence-corrected chi connectivity index (χ3v) is 4.97. The van der Waals surface area contributed by atoms with E-state index in [0.29, 0.717) is 11.6 Å². The van der Waals surface area contributed by atoms with Crippen LogP contribution in [0.3, 0.4) is 0 Å². The van der Waals surface area contributed by atoms with Crippen LogP contribution in [0.25, 0.3) is 21.8 Å². The van der Waals surface area contributed by atoms with Crippen molar-refractivity contribution >= 4 is 34.1 Å². The Morgan fingerprint density at radius 3 is 3.09 bits per heavy atom. The van der Waals surface area contributed by atoms with E-state index in [4.69, 9.17) is 4.42 Å². The molecular formula is C15H12N4OS2. The minimum Gasteiger partial charge on any atom is -0.440 e. The number of aryl methyl sites for hydroxylation is 1. The molecule has 1 N–H and O–H groups in total. The molecule has 0 bridgehead atoms. The fourth-order valence-electron chi connectivity index (χ4n) is 2.11. The summed E-state index contributed by atoms with van der Waals surface area (Å²) in [4.78, 5) is 17.5. The van der Waals surface area contributed by atoms with Crippen LogP contribution in [-0.2, 0) is 5.75 Å². The van der Waals surface area contributed by atoms with E-state index >= 15 is 0 Å². The van der Waals surface area contributed by atoms with E-state index in [0.717, 1.165) is 32.5 Å². The summed E-state index contributed by atoms with van der Waals surface area (Å²) in [6.07, 6.45) is 3.52. The Morgan fingerprint density at radius 1 is 1.32 bits per heavy atom. The lowest BCUT2D eigenvalue weighted by molar-refractivity contribution is 0.542. The zero-order valence-electron chi connectivity index (χ0n) is 11.7. The van der Waals surface area contributed by atoms with E-state index in [2.05, 4.69) is 19.9 Å². The monoisotopic (exact) mass is 328 g/mol. The molecule has 0 aliphatic heterocycles. The summed E-state index contributed by atoms with van der Waals surface area (Å²) < 4.78 is 5.75. The van der Waals surface area contributed by atoms with Gasteiger partial charge in [0.15, 0.2) is 5.16 Å². The van der Waals surface area contributed by atoms with Gasteiger partial charge in [0, 0.05) is 11.9 Å². The molecule has 5 nitrogen and oxygen atoms in total. The molecule has 0 saturated heterocycles. The molecular weight excluding hydrogens is 316 g/mol. The van der Waals surface area contributed by atoms with Crippen LogP contribution >= 0.6 is 23.1 Å². The summed E-state index contributed by atoms with van der Waals surface area (Å²) in [6.45, 7) is 1.95. The molecule has 0 amide bonds. The predicted octanol–water partition coefficient (Wildman–Crippen LogP) is 4.28. The number of aromatic amines is 1. The fourth-order valence-corrected chi connectivity index (χ4v) is 3.64. The number of thiophene rings is 1.